The first-order valence-electron chi connectivity index (χ1n) is 31.5. The summed E-state index contributed by atoms with van der Waals surface area (Å²) in [7, 11) is 0. The molecule has 5 nitrogen and oxygen atoms in total. The molecule has 6 aromatic heterocycles. The van der Waals surface area contributed by atoms with Crippen LogP contribution in [0.4, 0.5) is 0 Å². The van der Waals surface area contributed by atoms with Gasteiger partial charge < -0.3 is 22.7 Å². The first kappa shape index (κ1) is 51.0. The highest BCUT2D eigenvalue weighted by atomic mass is 32.1. The van der Waals surface area contributed by atoms with Gasteiger partial charge in [0.25, 0.3) is 0 Å². The van der Waals surface area contributed by atoms with Crippen LogP contribution < -0.4 is 0 Å². The van der Waals surface area contributed by atoms with E-state index in [1.165, 1.54) is 146 Å². The number of rotatable bonds is 5. The third-order valence-electron chi connectivity index (χ3n) is 19.4. The number of nitrogens with zero attached hydrogens (tertiary/aromatic N) is 4. The molecule has 0 amide bonds. The Labute approximate surface area is 530 Å². The van der Waals surface area contributed by atoms with Crippen molar-refractivity contribution in [2.45, 2.75) is 0 Å². The van der Waals surface area contributed by atoms with Crippen molar-refractivity contribution in [3.63, 3.8) is 0 Å². The fourth-order valence-electron chi connectivity index (χ4n) is 15.5. The van der Waals surface area contributed by atoms with Crippen LogP contribution in [0.1, 0.15) is 0 Å². The van der Waals surface area contributed by atoms with Gasteiger partial charge >= 0.3 is 0 Å². The highest BCUT2D eigenvalue weighted by molar-refractivity contribution is 7.26. The van der Waals surface area contributed by atoms with E-state index in [0.717, 1.165) is 38.7 Å². The molecule has 0 aliphatic rings. The summed E-state index contributed by atoms with van der Waals surface area (Å²) in [6.07, 6.45) is 0. The molecule has 0 unspecified atom stereocenters. The van der Waals surface area contributed by atoms with Crippen LogP contribution in [-0.4, -0.2) is 18.3 Å². The Balaban J connectivity index is 0.000000129. The molecule has 0 fully saturated rings. The maximum atomic E-state index is 6.45. The monoisotopic (exact) mass is 1190 g/mol. The zero-order chi connectivity index (χ0) is 60.1. The molecule has 0 spiro atoms. The number of para-hydroxylation sites is 6. The van der Waals surface area contributed by atoms with Crippen molar-refractivity contribution >= 4 is 162 Å². The Kier molecular flexibility index (Phi) is 11.0. The summed E-state index contributed by atoms with van der Waals surface area (Å²) in [6, 6.07) is 115. The largest absolute Gasteiger partial charge is 0.455 e. The van der Waals surface area contributed by atoms with E-state index in [4.69, 9.17) is 4.42 Å². The Morgan fingerprint density at radius 1 is 0.228 bits per heavy atom. The predicted octanol–water partition coefficient (Wildman–Crippen LogP) is 24.0. The highest BCUT2D eigenvalue weighted by Crippen LogP contribution is 2.47. The van der Waals surface area contributed by atoms with E-state index in [-0.39, 0.29) is 0 Å². The van der Waals surface area contributed by atoms with Gasteiger partial charge in [0.05, 0.1) is 44.1 Å². The molecule has 0 atom stereocenters. The van der Waals surface area contributed by atoms with Gasteiger partial charge in [0.2, 0.25) is 0 Å². The van der Waals surface area contributed by atoms with E-state index in [1.807, 2.05) is 11.3 Å². The quantitative estimate of drug-likeness (QED) is 0.169. The Morgan fingerprint density at radius 2 is 0.707 bits per heavy atom. The number of benzene rings is 15. The number of fused-ring (bicyclic) bond motifs is 23. The molecule has 6 heteroatoms. The minimum absolute atomic E-state index is 0.907. The van der Waals surface area contributed by atoms with Crippen molar-refractivity contribution < 1.29 is 4.42 Å². The summed E-state index contributed by atoms with van der Waals surface area (Å²) >= 11 is 1.89. The smallest absolute Gasteiger partial charge is 0.143 e. The second kappa shape index (κ2) is 19.8. The number of aromatic nitrogens is 4. The highest BCUT2D eigenvalue weighted by Gasteiger charge is 2.23. The lowest BCUT2D eigenvalue weighted by molar-refractivity contribution is 0.672. The van der Waals surface area contributed by atoms with Crippen molar-refractivity contribution in [3.8, 4) is 33.9 Å². The molecule has 0 saturated carbocycles. The lowest BCUT2D eigenvalue weighted by Gasteiger charge is -2.13. The van der Waals surface area contributed by atoms with E-state index in [9.17, 15) is 0 Å². The van der Waals surface area contributed by atoms with Crippen molar-refractivity contribution in [1.82, 2.24) is 18.3 Å². The lowest BCUT2D eigenvalue weighted by Crippen LogP contribution is -1.95. The fraction of sp³-hybridized carbons (Fsp3) is 0. The van der Waals surface area contributed by atoms with Crippen LogP contribution in [0, 0.1) is 0 Å². The molecule has 428 valence electrons. The van der Waals surface area contributed by atoms with Crippen LogP contribution in [0.2, 0.25) is 0 Å². The number of furan rings is 1. The Hall–Kier alpha value is -12.0. The van der Waals surface area contributed by atoms with E-state index in [1.54, 1.807) is 0 Å². The maximum absolute atomic E-state index is 6.45. The van der Waals surface area contributed by atoms with E-state index in [2.05, 4.69) is 334 Å². The number of hydrogen-bond acceptors (Lipinski definition) is 2. The summed E-state index contributed by atoms with van der Waals surface area (Å²) in [6.45, 7) is 0. The van der Waals surface area contributed by atoms with Crippen molar-refractivity contribution in [1.29, 1.82) is 0 Å². The van der Waals surface area contributed by atoms with Crippen molar-refractivity contribution in [2.75, 3.05) is 0 Å². The Morgan fingerprint density at radius 3 is 1.35 bits per heavy atom. The molecule has 21 rings (SSSR count). The molecule has 0 N–H and O–H groups in total. The van der Waals surface area contributed by atoms with E-state index < -0.39 is 0 Å². The molecule has 0 aliphatic carbocycles. The van der Waals surface area contributed by atoms with Gasteiger partial charge in [-0.1, -0.05) is 194 Å². The summed E-state index contributed by atoms with van der Waals surface area (Å²) in [5.41, 5.74) is 18.7. The molecular weight excluding hydrogens is 1140 g/mol. The third-order valence-corrected chi connectivity index (χ3v) is 20.5. The van der Waals surface area contributed by atoms with Gasteiger partial charge in [-0.15, -0.1) is 11.3 Å². The van der Waals surface area contributed by atoms with Gasteiger partial charge in [-0.25, -0.2) is 0 Å². The molecule has 21 aromatic rings. The molecule has 6 heterocycles. The Bertz CT molecular complexity index is 6630. The van der Waals surface area contributed by atoms with E-state index in [0.29, 0.717) is 0 Å². The molecule has 0 aliphatic heterocycles. The van der Waals surface area contributed by atoms with Gasteiger partial charge in [0.1, 0.15) is 11.2 Å². The van der Waals surface area contributed by atoms with Crippen LogP contribution in [0.3, 0.4) is 0 Å². The van der Waals surface area contributed by atoms with Crippen molar-refractivity contribution in [3.05, 3.63) is 315 Å². The van der Waals surface area contributed by atoms with Crippen LogP contribution in [0.5, 0.6) is 0 Å². The number of thiophene rings is 1. The minimum Gasteiger partial charge on any atom is -0.455 e. The first-order valence-corrected chi connectivity index (χ1v) is 32.3. The zero-order valence-corrected chi connectivity index (χ0v) is 50.4. The van der Waals surface area contributed by atoms with Crippen LogP contribution in [0.15, 0.2) is 320 Å². The van der Waals surface area contributed by atoms with Crippen LogP contribution in [-0.2, 0) is 0 Å². The first-order chi connectivity index (χ1) is 45.7. The predicted molar refractivity (Wildman–Crippen MR) is 391 cm³/mol. The maximum Gasteiger partial charge on any atom is 0.143 e. The molecule has 15 aromatic carbocycles. The summed E-state index contributed by atoms with van der Waals surface area (Å²) in [4.78, 5) is 0. The molecular formula is C86H52N4OS. The third kappa shape index (κ3) is 7.41. The molecule has 0 bridgehead atoms. The molecule has 0 saturated heterocycles. The zero-order valence-electron chi connectivity index (χ0n) is 49.6. The summed E-state index contributed by atoms with van der Waals surface area (Å²) in [5, 5.41) is 20.0. The van der Waals surface area contributed by atoms with Gasteiger partial charge in [0.15, 0.2) is 0 Å². The number of hydrogen-bond donors (Lipinski definition) is 0. The van der Waals surface area contributed by atoms with Crippen molar-refractivity contribution in [2.24, 2.45) is 0 Å². The van der Waals surface area contributed by atoms with Gasteiger partial charge in [-0.3, -0.25) is 0 Å². The topological polar surface area (TPSA) is 32.9 Å². The SMILES string of the molecule is c1ccc(-n2c3ccccc3c3c4c5ccccc5n(-c5ccc6oc7c8ccccc8ccc7c6c5)c4ccc32)cc1.c1ccc(-n2c3ccccc3c3cc4c(cc32)c2ccccc2n4-c2cccc(-c3cc4sc5ccccc5c4c4ccccc34)c2)cc1. The standard InChI is InChI=1S/C46H28N2S.C40H24N2O/c1-2-14-30(15-3-1)47-40-22-9-6-18-33(40)38-27-43-39(26-42(38)47)34-19-7-10-23-41(34)48(43)31-16-12-13-29(25-31)37-28-45-46(35-20-5-4-17-32(35)37)36-21-8-11-24-44(36)49-45;1-2-11-26(12-3-1)41-33-16-8-6-14-30(33)38-35(41)21-22-36-39(38)31-15-7-9-17-34(31)42(36)27-19-23-37-32(24-27)29-20-18-25-10-4-5-13-28(25)40(29)43-37/h1-28H;1-24H. The van der Waals surface area contributed by atoms with Crippen LogP contribution >= 0.6 is 11.3 Å². The van der Waals surface area contributed by atoms with E-state index >= 15 is 0 Å². The second-order valence-electron chi connectivity index (χ2n) is 24.3. The van der Waals surface area contributed by atoms with Gasteiger partial charge in [-0.05, 0) is 149 Å². The van der Waals surface area contributed by atoms with Gasteiger partial charge in [0, 0.05) is 102 Å². The summed E-state index contributed by atoms with van der Waals surface area (Å²) < 4.78 is 18.8. The lowest BCUT2D eigenvalue weighted by atomic mass is 9.95. The normalized spacial score (nSPS) is 12.1. The second-order valence-corrected chi connectivity index (χ2v) is 25.3. The molecule has 0 radical (unpaired) electrons. The van der Waals surface area contributed by atoms with Gasteiger partial charge in [-0.2, -0.15) is 0 Å². The summed E-state index contributed by atoms with van der Waals surface area (Å²) in [5.74, 6) is 0. The average Bonchev–Trinajstić information content (AvgIpc) is 1.56. The van der Waals surface area contributed by atoms with Crippen LogP contribution in [0.25, 0.3) is 185 Å². The minimum atomic E-state index is 0.907. The molecule has 92 heavy (non-hydrogen) atoms. The average molecular weight is 1190 g/mol. The fourth-order valence-corrected chi connectivity index (χ4v) is 16.6.